The summed E-state index contributed by atoms with van der Waals surface area (Å²) in [6.45, 7) is 0.898. The summed E-state index contributed by atoms with van der Waals surface area (Å²) in [5, 5.41) is 5.04. The second-order valence-electron chi connectivity index (χ2n) is 5.95. The Hall–Kier alpha value is -1.59. The van der Waals surface area contributed by atoms with Crippen molar-refractivity contribution in [3.63, 3.8) is 0 Å². The van der Waals surface area contributed by atoms with Crippen LogP contribution in [0.15, 0.2) is 59.1 Å². The monoisotopic (exact) mass is 499 g/mol. The van der Waals surface area contributed by atoms with E-state index in [2.05, 4.69) is 21.2 Å². The molecular weight excluding hydrogens is 484 g/mol. The van der Waals surface area contributed by atoms with E-state index in [4.69, 9.17) is 44.3 Å². The molecule has 0 aliphatic carbocycles. The summed E-state index contributed by atoms with van der Waals surface area (Å²) in [6.07, 6.45) is 0. The first-order valence-electron chi connectivity index (χ1n) is 8.39. The van der Waals surface area contributed by atoms with Crippen molar-refractivity contribution in [1.82, 2.24) is 0 Å². The number of halogens is 4. The average molecular weight is 502 g/mol. The van der Waals surface area contributed by atoms with Gasteiger partial charge in [0, 0.05) is 27.3 Å². The molecule has 3 rings (SSSR count). The van der Waals surface area contributed by atoms with E-state index in [0.29, 0.717) is 39.7 Å². The predicted molar refractivity (Wildman–Crippen MR) is 120 cm³/mol. The quantitative estimate of drug-likeness (QED) is 0.361. The van der Waals surface area contributed by atoms with Crippen molar-refractivity contribution in [3.8, 4) is 11.5 Å². The molecule has 3 aromatic rings. The predicted octanol–water partition coefficient (Wildman–Crippen LogP) is 7.61. The van der Waals surface area contributed by atoms with Crippen molar-refractivity contribution in [2.45, 2.75) is 13.2 Å². The second-order valence-corrected chi connectivity index (χ2v) is 8.06. The lowest BCUT2D eigenvalue weighted by molar-refractivity contribution is 0.281. The summed E-state index contributed by atoms with van der Waals surface area (Å²) in [5.74, 6) is 1.32. The van der Waals surface area contributed by atoms with E-state index in [1.54, 1.807) is 19.2 Å². The van der Waals surface area contributed by atoms with Crippen molar-refractivity contribution in [2.24, 2.45) is 0 Å². The number of ether oxygens (including phenoxy) is 2. The zero-order chi connectivity index (χ0) is 20.1. The molecular formula is C21H17BrCl3NO2. The molecule has 0 unspecified atom stereocenters. The minimum atomic E-state index is 0.393. The Morgan fingerprint density at radius 2 is 1.68 bits per heavy atom. The molecule has 0 atom stereocenters. The Bertz CT molecular complexity index is 965. The smallest absolute Gasteiger partial charge is 0.167 e. The zero-order valence-electron chi connectivity index (χ0n) is 14.9. The van der Waals surface area contributed by atoms with Gasteiger partial charge in [0.05, 0.1) is 17.2 Å². The minimum Gasteiger partial charge on any atom is -0.493 e. The van der Waals surface area contributed by atoms with Crippen LogP contribution in [0.25, 0.3) is 0 Å². The van der Waals surface area contributed by atoms with Gasteiger partial charge >= 0.3 is 0 Å². The first kappa shape index (κ1) is 21.1. The van der Waals surface area contributed by atoms with Gasteiger partial charge in [0.15, 0.2) is 11.5 Å². The normalized spacial score (nSPS) is 10.6. The first-order chi connectivity index (χ1) is 13.5. The fraction of sp³-hybridized carbons (Fsp3) is 0.143. The maximum atomic E-state index is 6.11. The number of benzene rings is 3. The first-order valence-corrected chi connectivity index (χ1v) is 10.3. The molecule has 7 heteroatoms. The summed E-state index contributed by atoms with van der Waals surface area (Å²) in [6, 6.07) is 16.7. The van der Waals surface area contributed by atoms with E-state index in [1.807, 2.05) is 42.5 Å². The molecule has 3 aromatic carbocycles. The maximum absolute atomic E-state index is 6.11. The molecule has 0 aromatic heterocycles. The van der Waals surface area contributed by atoms with E-state index in [0.717, 1.165) is 21.3 Å². The molecule has 0 bridgehead atoms. The molecule has 0 aliphatic rings. The molecule has 3 nitrogen and oxygen atoms in total. The third-order valence-electron chi connectivity index (χ3n) is 4.07. The maximum Gasteiger partial charge on any atom is 0.167 e. The number of anilines is 1. The van der Waals surface area contributed by atoms with Crippen LogP contribution in [0.2, 0.25) is 15.1 Å². The fourth-order valence-corrected chi connectivity index (χ4v) is 3.48. The van der Waals surface area contributed by atoms with E-state index < -0.39 is 0 Å². The van der Waals surface area contributed by atoms with Crippen LogP contribution in [-0.2, 0) is 13.2 Å². The minimum absolute atomic E-state index is 0.393. The zero-order valence-corrected chi connectivity index (χ0v) is 18.8. The van der Waals surface area contributed by atoms with Gasteiger partial charge in [-0.25, -0.2) is 0 Å². The number of hydrogen-bond donors (Lipinski definition) is 1. The largest absolute Gasteiger partial charge is 0.493 e. The van der Waals surface area contributed by atoms with Gasteiger partial charge in [0.25, 0.3) is 0 Å². The van der Waals surface area contributed by atoms with Crippen molar-refractivity contribution < 1.29 is 9.47 Å². The van der Waals surface area contributed by atoms with Crippen LogP contribution in [0.3, 0.4) is 0 Å². The van der Waals surface area contributed by atoms with Gasteiger partial charge in [-0.05, 0) is 48.0 Å². The summed E-state index contributed by atoms with van der Waals surface area (Å²) in [7, 11) is 1.62. The second kappa shape index (κ2) is 9.75. The Balaban J connectivity index is 1.82. The van der Waals surface area contributed by atoms with Gasteiger partial charge in [-0.1, -0.05) is 62.9 Å². The van der Waals surface area contributed by atoms with Crippen molar-refractivity contribution in [1.29, 1.82) is 0 Å². The summed E-state index contributed by atoms with van der Waals surface area (Å²) >= 11 is 21.6. The van der Waals surface area contributed by atoms with Crippen LogP contribution in [0.1, 0.15) is 11.1 Å². The highest BCUT2D eigenvalue weighted by Crippen LogP contribution is 2.37. The molecule has 28 heavy (non-hydrogen) atoms. The van der Waals surface area contributed by atoms with Crippen LogP contribution in [-0.4, -0.2) is 7.11 Å². The lowest BCUT2D eigenvalue weighted by atomic mass is 10.1. The van der Waals surface area contributed by atoms with Gasteiger partial charge in [0.1, 0.15) is 6.61 Å². The number of hydrogen-bond acceptors (Lipinski definition) is 3. The molecule has 0 spiro atoms. The highest BCUT2D eigenvalue weighted by atomic mass is 79.9. The Labute approximate surface area is 187 Å². The molecule has 0 amide bonds. The number of rotatable bonds is 7. The lowest BCUT2D eigenvalue weighted by Crippen LogP contribution is -2.06. The third kappa shape index (κ3) is 5.26. The van der Waals surface area contributed by atoms with Crippen LogP contribution in [0.5, 0.6) is 11.5 Å². The molecule has 0 saturated heterocycles. The SMILES string of the molecule is COc1ccc(Br)c(CNc2ccc(Cl)c(Cl)c2)c1OCc1ccc(Cl)cc1. The molecule has 0 heterocycles. The molecule has 0 aliphatic heterocycles. The van der Waals surface area contributed by atoms with Gasteiger partial charge in [-0.15, -0.1) is 0 Å². The van der Waals surface area contributed by atoms with E-state index in [1.165, 1.54) is 0 Å². The van der Waals surface area contributed by atoms with E-state index in [-0.39, 0.29) is 0 Å². The molecule has 0 fully saturated rings. The average Bonchev–Trinajstić information content (AvgIpc) is 2.69. The van der Waals surface area contributed by atoms with Gasteiger partial charge < -0.3 is 14.8 Å². The molecule has 1 N–H and O–H groups in total. The van der Waals surface area contributed by atoms with Crippen LogP contribution < -0.4 is 14.8 Å². The van der Waals surface area contributed by atoms with Gasteiger partial charge in [0.2, 0.25) is 0 Å². The Morgan fingerprint density at radius 1 is 0.929 bits per heavy atom. The highest BCUT2D eigenvalue weighted by molar-refractivity contribution is 9.10. The summed E-state index contributed by atoms with van der Waals surface area (Å²) in [5.41, 5.74) is 2.79. The standard InChI is InChI=1S/C21H17BrCl3NO2/c1-27-20-9-7-17(22)16(11-26-15-6-8-18(24)19(25)10-15)21(20)28-12-13-2-4-14(23)5-3-13/h2-10,26H,11-12H2,1H3. The number of methoxy groups -OCH3 is 1. The Kier molecular flexibility index (Phi) is 7.36. The highest BCUT2D eigenvalue weighted by Gasteiger charge is 2.15. The topological polar surface area (TPSA) is 30.5 Å². The van der Waals surface area contributed by atoms with Crippen LogP contribution >= 0.6 is 50.7 Å². The van der Waals surface area contributed by atoms with Crippen LogP contribution in [0, 0.1) is 0 Å². The molecule has 0 radical (unpaired) electrons. The van der Waals surface area contributed by atoms with E-state index >= 15 is 0 Å². The third-order valence-corrected chi connectivity index (χ3v) is 5.81. The van der Waals surface area contributed by atoms with Crippen molar-refractivity contribution >= 4 is 56.4 Å². The fourth-order valence-electron chi connectivity index (χ4n) is 2.60. The summed E-state index contributed by atoms with van der Waals surface area (Å²) < 4.78 is 12.5. The summed E-state index contributed by atoms with van der Waals surface area (Å²) in [4.78, 5) is 0. The number of nitrogens with one attached hydrogen (secondary N) is 1. The Morgan fingerprint density at radius 3 is 2.36 bits per heavy atom. The molecule has 146 valence electrons. The van der Waals surface area contributed by atoms with Crippen molar-refractivity contribution in [2.75, 3.05) is 12.4 Å². The van der Waals surface area contributed by atoms with Crippen LogP contribution in [0.4, 0.5) is 5.69 Å². The van der Waals surface area contributed by atoms with Gasteiger partial charge in [-0.3, -0.25) is 0 Å². The van der Waals surface area contributed by atoms with Gasteiger partial charge in [-0.2, -0.15) is 0 Å². The lowest BCUT2D eigenvalue weighted by Gasteiger charge is -2.18. The van der Waals surface area contributed by atoms with Crippen molar-refractivity contribution in [3.05, 3.63) is 85.3 Å². The van der Waals surface area contributed by atoms with E-state index in [9.17, 15) is 0 Å². The molecule has 0 saturated carbocycles.